The highest BCUT2D eigenvalue weighted by Crippen LogP contribution is 2.27. The van der Waals surface area contributed by atoms with Gasteiger partial charge in [-0.05, 0) is 73.1 Å². The van der Waals surface area contributed by atoms with Gasteiger partial charge in [0.1, 0.15) is 0 Å². The molecule has 2 aromatic rings. The zero-order chi connectivity index (χ0) is 25.1. The summed E-state index contributed by atoms with van der Waals surface area (Å²) in [5.74, 6) is -0.114. The van der Waals surface area contributed by atoms with Crippen molar-refractivity contribution >= 4 is 46.8 Å². The van der Waals surface area contributed by atoms with Crippen LogP contribution in [0.15, 0.2) is 42.5 Å². The van der Waals surface area contributed by atoms with E-state index in [9.17, 15) is 14.4 Å². The van der Waals surface area contributed by atoms with Crippen molar-refractivity contribution in [2.45, 2.75) is 26.7 Å². The fraction of sp³-hybridized carbons (Fsp3) is 0.250. The summed E-state index contributed by atoms with van der Waals surface area (Å²) in [5.41, 5.74) is 8.37. The zero-order valence-corrected chi connectivity index (χ0v) is 20.3. The lowest BCUT2D eigenvalue weighted by Crippen LogP contribution is -2.48. The highest BCUT2D eigenvalue weighted by atomic mass is 32.1. The number of amides is 3. The third kappa shape index (κ3) is 8.55. The summed E-state index contributed by atoms with van der Waals surface area (Å²) in [6.45, 7) is 3.94. The first-order chi connectivity index (χ1) is 16.2. The molecule has 2 rings (SSSR count). The van der Waals surface area contributed by atoms with Crippen LogP contribution < -0.4 is 31.0 Å². The first-order valence-electron chi connectivity index (χ1n) is 10.4. The van der Waals surface area contributed by atoms with Gasteiger partial charge in [-0.2, -0.15) is 0 Å². The number of carbonyl (C=O) groups excluding carboxylic acids is 3. The van der Waals surface area contributed by atoms with E-state index in [0.717, 1.165) is 16.7 Å². The maximum Gasteiger partial charge on any atom is 0.250 e. The summed E-state index contributed by atoms with van der Waals surface area (Å²) in [6.07, 6.45) is 2.80. The van der Waals surface area contributed by atoms with E-state index in [1.54, 1.807) is 24.3 Å². The number of nitrogens with one attached hydrogen (secondary N) is 4. The molecular formula is C24H28N4O5S. The smallest absolute Gasteiger partial charge is 0.250 e. The average molecular weight is 485 g/mol. The van der Waals surface area contributed by atoms with Crippen LogP contribution in [0.3, 0.4) is 0 Å². The third-order valence-corrected chi connectivity index (χ3v) is 4.96. The number of hydrogen-bond acceptors (Lipinski definition) is 6. The number of hydrogen-bond donors (Lipinski definition) is 4. The zero-order valence-electron chi connectivity index (χ0n) is 19.5. The number of benzene rings is 2. The van der Waals surface area contributed by atoms with Gasteiger partial charge in [-0.25, -0.2) is 0 Å². The highest BCUT2D eigenvalue weighted by molar-refractivity contribution is 7.80. The number of aryl methyl sites for hydroxylation is 2. The Hall–Kier alpha value is -3.92. The highest BCUT2D eigenvalue weighted by Gasteiger charge is 2.09. The molecule has 4 N–H and O–H groups in total. The Kier molecular flexibility index (Phi) is 10.0. The second-order valence-electron chi connectivity index (χ2n) is 7.29. The lowest BCUT2D eigenvalue weighted by molar-refractivity contribution is -0.124. The minimum Gasteiger partial charge on any atom is -0.493 e. The van der Waals surface area contributed by atoms with E-state index >= 15 is 0 Å². The summed E-state index contributed by atoms with van der Waals surface area (Å²) in [5, 5.41) is 5.07. The normalized spacial score (nSPS) is 10.4. The summed E-state index contributed by atoms with van der Waals surface area (Å²) in [7, 11) is 3.06. The third-order valence-electron chi connectivity index (χ3n) is 4.76. The number of thiocarbonyl (C=S) groups is 1. The van der Waals surface area contributed by atoms with Crippen LogP contribution in [0.2, 0.25) is 0 Å². The van der Waals surface area contributed by atoms with E-state index < -0.39 is 11.8 Å². The van der Waals surface area contributed by atoms with E-state index in [2.05, 4.69) is 21.5 Å². The Labute approximate surface area is 203 Å². The molecule has 0 atom stereocenters. The van der Waals surface area contributed by atoms with Crippen molar-refractivity contribution in [3.05, 3.63) is 59.2 Å². The van der Waals surface area contributed by atoms with E-state index in [-0.39, 0.29) is 23.9 Å². The van der Waals surface area contributed by atoms with Gasteiger partial charge in [0.2, 0.25) is 17.7 Å². The molecule has 0 aliphatic carbocycles. The first kappa shape index (κ1) is 26.3. The van der Waals surface area contributed by atoms with Gasteiger partial charge in [-0.15, -0.1) is 0 Å². The van der Waals surface area contributed by atoms with Gasteiger partial charge < -0.3 is 14.8 Å². The second-order valence-corrected chi connectivity index (χ2v) is 7.69. The number of methoxy groups -OCH3 is 2. The molecule has 0 fully saturated rings. The van der Waals surface area contributed by atoms with Gasteiger partial charge in [0.15, 0.2) is 16.6 Å². The van der Waals surface area contributed by atoms with Crippen molar-refractivity contribution in [2.75, 3.05) is 19.5 Å². The molecule has 180 valence electrons. The van der Waals surface area contributed by atoms with Gasteiger partial charge in [0.05, 0.1) is 14.2 Å². The van der Waals surface area contributed by atoms with Crippen molar-refractivity contribution < 1.29 is 23.9 Å². The molecule has 2 aromatic carbocycles. The summed E-state index contributed by atoms with van der Waals surface area (Å²) < 4.78 is 10.4. The first-order valence-corrected chi connectivity index (χ1v) is 10.8. The molecule has 0 aliphatic rings. The number of anilines is 1. The largest absolute Gasteiger partial charge is 0.493 e. The molecule has 3 amide bonds. The summed E-state index contributed by atoms with van der Waals surface area (Å²) in [6, 6.07) is 10.8. The number of rotatable bonds is 8. The Bertz CT molecular complexity index is 1100. The molecule has 10 heteroatoms. The molecule has 0 heterocycles. The van der Waals surface area contributed by atoms with Crippen molar-refractivity contribution in [1.29, 1.82) is 0 Å². The number of hydrazine groups is 1. The molecular weight excluding hydrogens is 456 g/mol. The minimum absolute atomic E-state index is 0.00633. The predicted octanol–water partition coefficient (Wildman–Crippen LogP) is 2.77. The molecule has 0 aliphatic heterocycles. The fourth-order valence-corrected chi connectivity index (χ4v) is 2.92. The molecule has 0 bridgehead atoms. The Balaban J connectivity index is 1.71. The van der Waals surface area contributed by atoms with Crippen LogP contribution >= 0.6 is 12.2 Å². The monoisotopic (exact) mass is 484 g/mol. The number of ether oxygens (including phenoxy) is 2. The van der Waals surface area contributed by atoms with E-state index in [4.69, 9.17) is 21.7 Å². The van der Waals surface area contributed by atoms with Gasteiger partial charge in [-0.3, -0.25) is 30.6 Å². The molecule has 0 unspecified atom stereocenters. The standard InChI is InChI=1S/C24H28N4O5S/c1-15-5-8-18(13-16(15)2)25-21(29)11-12-23(31)27-28-24(34)26-22(30)10-7-17-6-9-19(32-3)20(14-17)33-4/h5-10,13-14H,11-12H2,1-4H3,(H,25,29)(H,27,31)(H2,26,28,30,34)/b10-7+. The summed E-state index contributed by atoms with van der Waals surface area (Å²) in [4.78, 5) is 36.0. The average Bonchev–Trinajstić information content (AvgIpc) is 2.82. The van der Waals surface area contributed by atoms with Crippen LogP contribution in [0.1, 0.15) is 29.5 Å². The quantitative estimate of drug-likeness (QED) is 0.259. The van der Waals surface area contributed by atoms with Crippen molar-refractivity contribution in [2.24, 2.45) is 0 Å². The van der Waals surface area contributed by atoms with Gasteiger partial charge in [0.25, 0.3) is 0 Å². The van der Waals surface area contributed by atoms with Crippen LogP contribution in [0, 0.1) is 13.8 Å². The van der Waals surface area contributed by atoms with Crippen molar-refractivity contribution in [3.8, 4) is 11.5 Å². The minimum atomic E-state index is -0.491. The lowest BCUT2D eigenvalue weighted by Gasteiger charge is -2.10. The topological polar surface area (TPSA) is 118 Å². The number of carbonyl (C=O) groups is 3. The Morgan fingerprint density at radius 3 is 2.26 bits per heavy atom. The summed E-state index contributed by atoms with van der Waals surface area (Å²) >= 11 is 4.99. The molecule has 9 nitrogen and oxygen atoms in total. The molecule has 0 spiro atoms. The van der Waals surface area contributed by atoms with Crippen LogP contribution in [-0.2, 0) is 14.4 Å². The Morgan fingerprint density at radius 2 is 1.59 bits per heavy atom. The van der Waals surface area contributed by atoms with Crippen LogP contribution in [0.25, 0.3) is 6.08 Å². The molecule has 0 saturated carbocycles. The van der Waals surface area contributed by atoms with Gasteiger partial charge in [0, 0.05) is 24.6 Å². The maximum atomic E-state index is 12.0. The second kappa shape index (κ2) is 12.9. The van der Waals surface area contributed by atoms with Gasteiger partial charge >= 0.3 is 0 Å². The fourth-order valence-electron chi connectivity index (χ4n) is 2.77. The van der Waals surface area contributed by atoms with Gasteiger partial charge in [-0.1, -0.05) is 12.1 Å². The van der Waals surface area contributed by atoms with E-state index in [0.29, 0.717) is 17.2 Å². The molecule has 34 heavy (non-hydrogen) atoms. The van der Waals surface area contributed by atoms with Crippen LogP contribution in [0.4, 0.5) is 5.69 Å². The van der Waals surface area contributed by atoms with Crippen molar-refractivity contribution in [1.82, 2.24) is 16.2 Å². The van der Waals surface area contributed by atoms with Crippen molar-refractivity contribution in [3.63, 3.8) is 0 Å². The van der Waals surface area contributed by atoms with E-state index in [1.807, 2.05) is 32.0 Å². The van der Waals surface area contributed by atoms with Crippen LogP contribution in [-0.4, -0.2) is 37.1 Å². The Morgan fingerprint density at radius 1 is 0.882 bits per heavy atom. The maximum absolute atomic E-state index is 12.0. The molecule has 0 saturated heterocycles. The van der Waals surface area contributed by atoms with E-state index in [1.165, 1.54) is 20.3 Å². The molecule has 0 radical (unpaired) electrons. The predicted molar refractivity (Wildman–Crippen MR) is 134 cm³/mol. The molecule has 0 aromatic heterocycles. The van der Waals surface area contributed by atoms with Crippen LogP contribution in [0.5, 0.6) is 11.5 Å². The SMILES string of the molecule is COc1ccc(/C=C/C(=O)NC(=S)NNC(=O)CCC(=O)Nc2ccc(C)c(C)c2)cc1OC. The lowest BCUT2D eigenvalue weighted by atomic mass is 10.1.